The van der Waals surface area contributed by atoms with Crippen molar-refractivity contribution in [3.05, 3.63) is 41.7 Å². The van der Waals surface area contributed by atoms with Crippen molar-refractivity contribution in [3.63, 3.8) is 0 Å². The van der Waals surface area contributed by atoms with Gasteiger partial charge in [-0.15, -0.1) is 0 Å². The fourth-order valence-corrected chi connectivity index (χ4v) is 4.30. The molecule has 1 atom stereocenters. The molecule has 0 aliphatic carbocycles. The van der Waals surface area contributed by atoms with E-state index in [2.05, 4.69) is 21.6 Å². The molecule has 0 spiro atoms. The number of aromatic nitrogens is 5. The summed E-state index contributed by atoms with van der Waals surface area (Å²) in [4.78, 5) is 4.08. The Morgan fingerprint density at radius 2 is 2.20 bits per heavy atom. The first-order valence-electron chi connectivity index (χ1n) is 10.3. The van der Waals surface area contributed by atoms with E-state index in [9.17, 15) is 4.39 Å². The first-order chi connectivity index (χ1) is 14.7. The van der Waals surface area contributed by atoms with Crippen molar-refractivity contribution >= 4 is 0 Å². The van der Waals surface area contributed by atoms with Gasteiger partial charge < -0.3 is 14.8 Å². The summed E-state index contributed by atoms with van der Waals surface area (Å²) in [6.45, 7) is 4.25. The molecule has 1 N–H and O–H groups in total. The van der Waals surface area contributed by atoms with Gasteiger partial charge in [0.25, 0.3) is 0 Å². The van der Waals surface area contributed by atoms with Gasteiger partial charge in [-0.3, -0.25) is 4.68 Å². The van der Waals surface area contributed by atoms with Crippen molar-refractivity contribution in [2.24, 2.45) is 5.92 Å². The molecule has 0 radical (unpaired) electrons. The van der Waals surface area contributed by atoms with E-state index in [4.69, 9.17) is 14.6 Å². The van der Waals surface area contributed by atoms with E-state index in [0.717, 1.165) is 48.6 Å². The van der Waals surface area contributed by atoms with Gasteiger partial charge in [0.2, 0.25) is 5.88 Å². The third kappa shape index (κ3) is 3.59. The minimum Gasteiger partial charge on any atom is -0.479 e. The third-order valence-electron chi connectivity index (χ3n) is 5.81. The van der Waals surface area contributed by atoms with Crippen LogP contribution in [0.25, 0.3) is 16.9 Å². The summed E-state index contributed by atoms with van der Waals surface area (Å²) in [5.74, 6) is 0.0704. The van der Waals surface area contributed by atoms with E-state index in [1.807, 2.05) is 10.9 Å². The Morgan fingerprint density at radius 3 is 3.00 bits per heavy atom. The molecular formula is C21H25FN6O2. The van der Waals surface area contributed by atoms with Crippen molar-refractivity contribution in [2.75, 3.05) is 33.4 Å². The molecule has 3 aromatic rings. The molecule has 30 heavy (non-hydrogen) atoms. The van der Waals surface area contributed by atoms with Crippen molar-refractivity contribution in [3.8, 4) is 22.8 Å². The minimum absolute atomic E-state index is 0.0248. The first-order valence-corrected chi connectivity index (χ1v) is 10.3. The highest BCUT2D eigenvalue weighted by Crippen LogP contribution is 2.30. The van der Waals surface area contributed by atoms with E-state index in [1.54, 1.807) is 10.9 Å². The predicted octanol–water partition coefficient (Wildman–Crippen LogP) is 2.00. The van der Waals surface area contributed by atoms with E-state index in [-0.39, 0.29) is 5.88 Å². The number of nitrogens with one attached hydrogen (secondary N) is 1. The minimum atomic E-state index is -0.510. The van der Waals surface area contributed by atoms with Crippen LogP contribution in [0.1, 0.15) is 17.7 Å². The molecule has 8 nitrogen and oxygen atoms in total. The topological polar surface area (TPSA) is 79.0 Å². The molecule has 0 bridgehead atoms. The molecule has 0 saturated carbocycles. The lowest BCUT2D eigenvalue weighted by Crippen LogP contribution is -2.14. The molecule has 1 saturated heterocycles. The van der Waals surface area contributed by atoms with Crippen LogP contribution >= 0.6 is 0 Å². The normalized spacial score (nSPS) is 18.9. The molecule has 5 heterocycles. The smallest absolute Gasteiger partial charge is 0.250 e. The average molecular weight is 412 g/mol. The predicted molar refractivity (Wildman–Crippen MR) is 108 cm³/mol. The van der Waals surface area contributed by atoms with E-state index in [1.165, 1.54) is 19.6 Å². The standard InChI is InChI=1S/C21H25FN6O2/c1-29-21-18(22)8-16(11-24-21)28-19-4-7-30-6-3-17(19)20(26-28)15-10-25-27(13-15)12-14-2-5-23-9-14/h8,10-11,13-14,23H,2-7,9,12H2,1H3. The summed E-state index contributed by atoms with van der Waals surface area (Å²) in [6, 6.07) is 1.41. The zero-order valence-electron chi connectivity index (χ0n) is 17.0. The number of halogens is 1. The van der Waals surface area contributed by atoms with Crippen LogP contribution in [0, 0.1) is 11.7 Å². The van der Waals surface area contributed by atoms with Crippen LogP contribution in [0.2, 0.25) is 0 Å². The molecule has 2 aliphatic rings. The van der Waals surface area contributed by atoms with Crippen molar-refractivity contribution in [1.82, 2.24) is 29.9 Å². The summed E-state index contributed by atoms with van der Waals surface area (Å²) in [7, 11) is 1.40. The van der Waals surface area contributed by atoms with Crippen molar-refractivity contribution in [1.29, 1.82) is 0 Å². The van der Waals surface area contributed by atoms with Gasteiger partial charge in [0.05, 0.1) is 49.8 Å². The van der Waals surface area contributed by atoms with Crippen LogP contribution in [0.15, 0.2) is 24.7 Å². The zero-order valence-corrected chi connectivity index (χ0v) is 17.0. The summed E-state index contributed by atoms with van der Waals surface area (Å²) < 4.78 is 28.7. The van der Waals surface area contributed by atoms with Gasteiger partial charge in [-0.05, 0) is 31.8 Å². The molecule has 9 heteroatoms. The number of methoxy groups -OCH3 is 1. The number of nitrogens with zero attached hydrogens (tertiary/aromatic N) is 5. The summed E-state index contributed by atoms with van der Waals surface area (Å²) in [6.07, 6.45) is 8.15. The molecule has 2 aliphatic heterocycles. The van der Waals surface area contributed by atoms with Gasteiger partial charge in [0, 0.05) is 36.4 Å². The Labute approximate surface area is 174 Å². The molecule has 0 aromatic carbocycles. The molecule has 1 unspecified atom stereocenters. The zero-order chi connectivity index (χ0) is 20.5. The van der Waals surface area contributed by atoms with Crippen LogP contribution in [0.4, 0.5) is 4.39 Å². The van der Waals surface area contributed by atoms with E-state index < -0.39 is 5.82 Å². The Balaban J connectivity index is 1.53. The lowest BCUT2D eigenvalue weighted by molar-refractivity contribution is 0.145. The summed E-state index contributed by atoms with van der Waals surface area (Å²) in [5, 5.41) is 12.8. The Hall–Kier alpha value is -2.78. The summed E-state index contributed by atoms with van der Waals surface area (Å²) in [5.41, 5.74) is 4.58. The average Bonchev–Trinajstić information content (AvgIpc) is 3.46. The second-order valence-corrected chi connectivity index (χ2v) is 7.79. The fraction of sp³-hybridized carbons (Fsp3) is 0.476. The second kappa shape index (κ2) is 8.16. The molecule has 0 amide bonds. The Kier molecular flexibility index (Phi) is 5.22. The SMILES string of the molecule is COc1ncc(-n2nc(-c3cnn(CC4CCNC4)c3)c3c2CCOCC3)cc1F. The number of hydrogen-bond acceptors (Lipinski definition) is 6. The molecule has 5 rings (SSSR count). The lowest BCUT2D eigenvalue weighted by atomic mass is 10.0. The third-order valence-corrected chi connectivity index (χ3v) is 5.81. The van der Waals surface area contributed by atoms with Crippen LogP contribution < -0.4 is 10.1 Å². The van der Waals surface area contributed by atoms with Gasteiger partial charge >= 0.3 is 0 Å². The van der Waals surface area contributed by atoms with Gasteiger partial charge in [0.15, 0.2) is 5.82 Å². The highest BCUT2D eigenvalue weighted by atomic mass is 19.1. The Morgan fingerprint density at radius 1 is 1.30 bits per heavy atom. The molecular weight excluding hydrogens is 387 g/mol. The second-order valence-electron chi connectivity index (χ2n) is 7.79. The van der Waals surface area contributed by atoms with Crippen molar-refractivity contribution < 1.29 is 13.9 Å². The number of hydrogen-bond donors (Lipinski definition) is 1. The Bertz CT molecular complexity index is 1040. The number of fused-ring (bicyclic) bond motifs is 1. The van der Waals surface area contributed by atoms with Gasteiger partial charge in [-0.25, -0.2) is 14.1 Å². The van der Waals surface area contributed by atoms with E-state index >= 15 is 0 Å². The highest BCUT2D eigenvalue weighted by Gasteiger charge is 2.24. The van der Waals surface area contributed by atoms with E-state index in [0.29, 0.717) is 31.2 Å². The molecule has 158 valence electrons. The van der Waals surface area contributed by atoms with Crippen LogP contribution in [-0.2, 0) is 24.1 Å². The van der Waals surface area contributed by atoms with Crippen LogP contribution in [0.3, 0.4) is 0 Å². The van der Waals surface area contributed by atoms with Crippen molar-refractivity contribution in [2.45, 2.75) is 25.8 Å². The fourth-order valence-electron chi connectivity index (χ4n) is 4.30. The van der Waals surface area contributed by atoms with Gasteiger partial charge in [-0.2, -0.15) is 10.2 Å². The monoisotopic (exact) mass is 412 g/mol. The van der Waals surface area contributed by atoms with Gasteiger partial charge in [0.1, 0.15) is 0 Å². The van der Waals surface area contributed by atoms with Crippen LogP contribution in [0.5, 0.6) is 5.88 Å². The molecule has 1 fully saturated rings. The molecule has 3 aromatic heterocycles. The lowest BCUT2D eigenvalue weighted by Gasteiger charge is -2.08. The number of rotatable bonds is 5. The largest absolute Gasteiger partial charge is 0.479 e. The maximum atomic E-state index is 14.3. The summed E-state index contributed by atoms with van der Waals surface area (Å²) >= 11 is 0. The highest BCUT2D eigenvalue weighted by molar-refractivity contribution is 5.64. The number of ether oxygens (including phenoxy) is 2. The maximum absolute atomic E-state index is 14.3. The first kappa shape index (κ1) is 19.2. The quantitative estimate of drug-likeness (QED) is 0.691. The van der Waals surface area contributed by atoms with Crippen LogP contribution in [-0.4, -0.2) is 58.0 Å². The number of pyridine rings is 1. The maximum Gasteiger partial charge on any atom is 0.250 e. The van der Waals surface area contributed by atoms with Gasteiger partial charge in [-0.1, -0.05) is 0 Å².